The molecule has 1 aliphatic rings. The van der Waals surface area contributed by atoms with Crippen molar-refractivity contribution in [1.82, 2.24) is 0 Å². The van der Waals surface area contributed by atoms with E-state index in [4.69, 9.17) is 13.7 Å². The maximum absolute atomic E-state index is 6.30. The van der Waals surface area contributed by atoms with Gasteiger partial charge in [0, 0.05) is 33.9 Å². The summed E-state index contributed by atoms with van der Waals surface area (Å²) < 4.78 is 18.9. The fourth-order valence-electron chi connectivity index (χ4n) is 5.49. The van der Waals surface area contributed by atoms with Crippen LogP contribution >= 0.6 is 0 Å². The summed E-state index contributed by atoms with van der Waals surface area (Å²) in [4.78, 5) is 2.26. The number of hydrogen-bond donors (Lipinski definition) is 0. The van der Waals surface area contributed by atoms with E-state index in [2.05, 4.69) is 130 Å². The van der Waals surface area contributed by atoms with Crippen LogP contribution < -0.4 is 10.4 Å². The summed E-state index contributed by atoms with van der Waals surface area (Å²) in [5.41, 5.74) is 7.48. The highest BCUT2D eigenvalue weighted by Gasteiger charge is 2.51. The van der Waals surface area contributed by atoms with Gasteiger partial charge >= 0.3 is 7.12 Å². The third-order valence-corrected chi connectivity index (χ3v) is 8.53. The predicted octanol–water partition coefficient (Wildman–Crippen LogP) is 9.02. The zero-order chi connectivity index (χ0) is 28.2. The Hall–Kier alpha value is -4.32. The van der Waals surface area contributed by atoms with Crippen LogP contribution in [0.5, 0.6) is 0 Å². The molecule has 0 unspecified atom stereocenters. The van der Waals surface area contributed by atoms with Crippen molar-refractivity contribution in [3.63, 3.8) is 0 Å². The number of hydrogen-bond acceptors (Lipinski definition) is 4. The van der Waals surface area contributed by atoms with Crippen molar-refractivity contribution in [2.24, 2.45) is 0 Å². The topological polar surface area (TPSA) is 34.8 Å². The summed E-state index contributed by atoms with van der Waals surface area (Å²) in [6, 6.07) is 42.2. The van der Waals surface area contributed by atoms with E-state index in [1.165, 1.54) is 11.1 Å². The van der Waals surface area contributed by atoms with Crippen molar-refractivity contribution in [2.75, 3.05) is 4.90 Å². The van der Waals surface area contributed by atoms with Crippen LogP contribution in [-0.2, 0) is 9.31 Å². The highest BCUT2D eigenvalue weighted by Crippen LogP contribution is 2.40. The van der Waals surface area contributed by atoms with Gasteiger partial charge in [-0.2, -0.15) is 0 Å². The van der Waals surface area contributed by atoms with E-state index in [9.17, 15) is 0 Å². The molecule has 0 spiro atoms. The van der Waals surface area contributed by atoms with Gasteiger partial charge in [0.2, 0.25) is 0 Å². The number of benzene rings is 5. The van der Waals surface area contributed by atoms with Gasteiger partial charge in [0.05, 0.1) is 11.2 Å². The highest BCUT2D eigenvalue weighted by molar-refractivity contribution is 6.62. The molecule has 0 atom stereocenters. The molecule has 41 heavy (non-hydrogen) atoms. The van der Waals surface area contributed by atoms with Crippen molar-refractivity contribution >= 4 is 51.6 Å². The van der Waals surface area contributed by atoms with E-state index in [0.29, 0.717) is 0 Å². The minimum absolute atomic E-state index is 0.384. The first-order valence-corrected chi connectivity index (χ1v) is 14.1. The summed E-state index contributed by atoms with van der Waals surface area (Å²) in [5.74, 6) is 0. The Morgan fingerprint density at radius 2 is 1.05 bits per heavy atom. The van der Waals surface area contributed by atoms with Crippen LogP contribution in [0.15, 0.2) is 126 Å². The van der Waals surface area contributed by atoms with Gasteiger partial charge in [0.1, 0.15) is 11.2 Å². The average molecular weight is 537 g/mol. The molecule has 6 aromatic rings. The van der Waals surface area contributed by atoms with E-state index in [1.807, 2.05) is 24.3 Å². The van der Waals surface area contributed by atoms with E-state index in [0.717, 1.165) is 44.5 Å². The normalized spacial score (nSPS) is 16.0. The molecule has 4 nitrogen and oxygen atoms in total. The number of nitrogens with zero attached hydrogens (tertiary/aromatic N) is 1. The Labute approximate surface area is 241 Å². The fourth-order valence-corrected chi connectivity index (χ4v) is 5.49. The molecule has 1 saturated heterocycles. The minimum atomic E-state index is -0.403. The molecule has 1 aromatic heterocycles. The number of anilines is 3. The van der Waals surface area contributed by atoms with Gasteiger partial charge in [-0.05, 0) is 86.7 Å². The molecule has 0 bridgehead atoms. The molecular weight excluding hydrogens is 505 g/mol. The lowest BCUT2D eigenvalue weighted by atomic mass is 9.79. The van der Waals surface area contributed by atoms with Crippen LogP contribution in [-0.4, -0.2) is 18.3 Å². The lowest BCUT2D eigenvalue weighted by Gasteiger charge is -2.32. The second-order valence-electron chi connectivity index (χ2n) is 11.7. The number of rotatable bonds is 5. The molecule has 202 valence electrons. The van der Waals surface area contributed by atoms with Crippen molar-refractivity contribution in [3.05, 3.63) is 121 Å². The standard InChI is InChI=1S/C36H32BNO3/c1-35(2)36(3,4)41-37(40-35)27-16-20-29(21-17-27)38(28-18-14-26(15-19-28)25-10-6-5-7-11-25)30-22-23-32-31-12-8-9-13-33(31)39-34(32)24-30/h5-24H,1-4H3. The first kappa shape index (κ1) is 25.6. The summed E-state index contributed by atoms with van der Waals surface area (Å²) in [7, 11) is -0.403. The maximum atomic E-state index is 6.30. The zero-order valence-electron chi connectivity index (χ0n) is 23.8. The monoisotopic (exact) mass is 537 g/mol. The van der Waals surface area contributed by atoms with Crippen molar-refractivity contribution < 1.29 is 13.7 Å². The quantitative estimate of drug-likeness (QED) is 0.206. The predicted molar refractivity (Wildman–Crippen MR) is 170 cm³/mol. The lowest BCUT2D eigenvalue weighted by molar-refractivity contribution is 0.00578. The summed E-state index contributed by atoms with van der Waals surface area (Å²) in [6.45, 7) is 8.32. The van der Waals surface area contributed by atoms with Gasteiger partial charge < -0.3 is 18.6 Å². The molecule has 0 radical (unpaired) electrons. The van der Waals surface area contributed by atoms with Gasteiger partial charge in [-0.1, -0.05) is 72.8 Å². The Kier molecular flexibility index (Phi) is 6.04. The van der Waals surface area contributed by atoms with E-state index in [-0.39, 0.29) is 11.2 Å². The Morgan fingerprint density at radius 3 is 1.73 bits per heavy atom. The van der Waals surface area contributed by atoms with Crippen molar-refractivity contribution in [2.45, 2.75) is 38.9 Å². The zero-order valence-corrected chi connectivity index (χ0v) is 23.8. The SMILES string of the molecule is CC1(C)OB(c2ccc(N(c3ccc(-c4ccccc4)cc3)c3ccc4c(c3)oc3ccccc34)cc2)OC1(C)C. The third-order valence-electron chi connectivity index (χ3n) is 8.53. The second-order valence-corrected chi connectivity index (χ2v) is 11.7. The summed E-state index contributed by atoms with van der Waals surface area (Å²) in [6.07, 6.45) is 0. The van der Waals surface area contributed by atoms with Crippen molar-refractivity contribution in [1.29, 1.82) is 0 Å². The average Bonchev–Trinajstić information content (AvgIpc) is 3.46. The molecular formula is C36H32BNO3. The number of furan rings is 1. The molecule has 2 heterocycles. The van der Waals surface area contributed by atoms with Gasteiger partial charge in [0.25, 0.3) is 0 Å². The molecule has 7 rings (SSSR count). The number of fused-ring (bicyclic) bond motifs is 3. The van der Waals surface area contributed by atoms with Crippen LogP contribution in [0.3, 0.4) is 0 Å². The molecule has 5 aromatic carbocycles. The lowest BCUT2D eigenvalue weighted by Crippen LogP contribution is -2.41. The Balaban J connectivity index is 1.29. The maximum Gasteiger partial charge on any atom is 0.494 e. The number of para-hydroxylation sites is 1. The van der Waals surface area contributed by atoms with Crippen LogP contribution in [0.4, 0.5) is 17.1 Å². The Bertz CT molecular complexity index is 1820. The van der Waals surface area contributed by atoms with Gasteiger partial charge in [-0.15, -0.1) is 0 Å². The van der Waals surface area contributed by atoms with Gasteiger partial charge in [-0.25, -0.2) is 0 Å². The minimum Gasteiger partial charge on any atom is -0.456 e. The summed E-state index contributed by atoms with van der Waals surface area (Å²) in [5, 5.41) is 2.24. The van der Waals surface area contributed by atoms with Gasteiger partial charge in [-0.3, -0.25) is 0 Å². The highest BCUT2D eigenvalue weighted by atomic mass is 16.7. The van der Waals surface area contributed by atoms with Crippen molar-refractivity contribution in [3.8, 4) is 11.1 Å². The van der Waals surface area contributed by atoms with Crippen LogP contribution in [0.2, 0.25) is 0 Å². The molecule has 0 saturated carbocycles. The van der Waals surface area contributed by atoms with E-state index >= 15 is 0 Å². The van der Waals surface area contributed by atoms with E-state index < -0.39 is 7.12 Å². The van der Waals surface area contributed by atoms with Crippen LogP contribution in [0.1, 0.15) is 27.7 Å². The molecule has 0 N–H and O–H groups in total. The molecule has 1 aliphatic heterocycles. The van der Waals surface area contributed by atoms with E-state index in [1.54, 1.807) is 0 Å². The molecule has 0 aliphatic carbocycles. The van der Waals surface area contributed by atoms with Crippen LogP contribution in [0, 0.1) is 0 Å². The largest absolute Gasteiger partial charge is 0.494 e. The molecule has 1 fully saturated rings. The Morgan fingerprint density at radius 1 is 0.512 bits per heavy atom. The molecule has 5 heteroatoms. The third kappa shape index (κ3) is 4.52. The van der Waals surface area contributed by atoms with Crippen LogP contribution in [0.25, 0.3) is 33.1 Å². The fraction of sp³-hybridized carbons (Fsp3) is 0.167. The summed E-state index contributed by atoms with van der Waals surface area (Å²) >= 11 is 0. The smallest absolute Gasteiger partial charge is 0.456 e. The second kappa shape index (κ2) is 9.65. The first-order chi connectivity index (χ1) is 19.8. The van der Waals surface area contributed by atoms with Gasteiger partial charge in [0.15, 0.2) is 0 Å². The first-order valence-electron chi connectivity index (χ1n) is 14.1. The molecule has 0 amide bonds.